The van der Waals surface area contributed by atoms with E-state index in [1.807, 2.05) is 18.2 Å². The number of halogens is 3. The third kappa shape index (κ3) is 12.1. The summed E-state index contributed by atoms with van der Waals surface area (Å²) in [5.41, 5.74) is 2.79. The van der Waals surface area contributed by atoms with Gasteiger partial charge in [-0.25, -0.2) is 28.7 Å². The molecule has 0 unspecified atom stereocenters. The summed E-state index contributed by atoms with van der Waals surface area (Å²) in [4.78, 5) is 27.6. The van der Waals surface area contributed by atoms with Crippen molar-refractivity contribution in [2.24, 2.45) is 0 Å². The predicted molar refractivity (Wildman–Crippen MR) is 263 cm³/mol. The zero-order valence-corrected chi connectivity index (χ0v) is 38.5. The number of piperidine rings is 2. The maximum Gasteiger partial charge on any atom is 0.230 e. The summed E-state index contributed by atoms with van der Waals surface area (Å²) in [6.07, 6.45) is 16.0. The van der Waals surface area contributed by atoms with Gasteiger partial charge in [-0.05, 0) is 113 Å². The van der Waals surface area contributed by atoms with Crippen LogP contribution < -0.4 is 23.7 Å². The summed E-state index contributed by atoms with van der Waals surface area (Å²) >= 11 is 6.10. The van der Waals surface area contributed by atoms with Crippen molar-refractivity contribution >= 4 is 55.2 Å². The molecule has 14 nitrogen and oxygen atoms in total. The molecule has 0 aliphatic carbocycles. The van der Waals surface area contributed by atoms with E-state index in [1.165, 1.54) is 83.4 Å². The molecule has 0 spiro atoms. The maximum absolute atomic E-state index is 14.9. The van der Waals surface area contributed by atoms with Crippen molar-refractivity contribution in [3.8, 4) is 40.4 Å². The number of aromatic hydroxyl groups is 1. The lowest BCUT2D eigenvalue weighted by Crippen LogP contribution is -2.31. The van der Waals surface area contributed by atoms with E-state index in [4.69, 9.17) is 40.4 Å². The average molecular weight is 954 g/mol. The number of hydrogen-bond donors (Lipinski definition) is 3. The molecule has 360 valence electrons. The molecule has 10 rings (SSSR count). The Balaban J connectivity index is 0.000000169. The number of nitrogens with zero attached hydrogens (tertiary/aromatic N) is 6. The van der Waals surface area contributed by atoms with Crippen LogP contribution in [0.15, 0.2) is 85.7 Å². The fraction of sp³-hybridized carbons (Fsp3) is 0.373. The molecule has 4 aromatic heterocycles. The Kier molecular flexibility index (Phi) is 17.4. The summed E-state index contributed by atoms with van der Waals surface area (Å²) in [5, 5.41) is 11.6. The molecular weight excluding hydrogens is 894 g/mol. The number of fused-ring (bicyclic) bond motifs is 4. The fourth-order valence-corrected chi connectivity index (χ4v) is 8.54. The monoisotopic (exact) mass is 952 g/mol. The van der Waals surface area contributed by atoms with Crippen LogP contribution in [0.3, 0.4) is 0 Å². The van der Waals surface area contributed by atoms with E-state index in [0.717, 1.165) is 36.8 Å². The highest BCUT2D eigenvalue weighted by Gasteiger charge is 2.18. The molecule has 6 heterocycles. The number of phenols is 1. The Bertz CT molecular complexity index is 2890. The van der Waals surface area contributed by atoms with E-state index >= 15 is 0 Å². The van der Waals surface area contributed by atoms with Gasteiger partial charge in [-0.15, -0.1) is 0 Å². The highest BCUT2D eigenvalue weighted by atomic mass is 35.5. The van der Waals surface area contributed by atoms with Crippen LogP contribution in [-0.4, -0.2) is 112 Å². The first-order valence-electron chi connectivity index (χ1n) is 22.7. The number of ether oxygens (including phenoxy) is 5. The van der Waals surface area contributed by atoms with E-state index in [0.29, 0.717) is 74.1 Å². The van der Waals surface area contributed by atoms with Gasteiger partial charge in [0, 0.05) is 64.8 Å². The van der Waals surface area contributed by atoms with E-state index in [2.05, 4.69) is 39.7 Å². The molecule has 2 aliphatic heterocycles. The number of benzene rings is 4. The molecule has 0 atom stereocenters. The molecule has 4 aromatic carbocycles. The SMILES string of the molecule is C.COc1cc2c(Cl)ncnc2cc1OCCCN1CCCCC1.COc1cc2c(Oc3ccc4[nH]ccc4c3F)ncnc2cc1OCCCN1CCCCC1.Oc1ccc2[nH]ccc2c1F. The molecule has 0 radical (unpaired) electrons. The van der Waals surface area contributed by atoms with Gasteiger partial charge in [0.15, 0.2) is 46.1 Å². The smallest absolute Gasteiger partial charge is 0.230 e. The summed E-state index contributed by atoms with van der Waals surface area (Å²) in [7, 11) is 3.21. The topological polar surface area (TPSA) is 156 Å². The van der Waals surface area contributed by atoms with Gasteiger partial charge in [0.2, 0.25) is 5.88 Å². The van der Waals surface area contributed by atoms with Crippen molar-refractivity contribution in [3.05, 3.63) is 102 Å². The molecule has 3 N–H and O–H groups in total. The van der Waals surface area contributed by atoms with Gasteiger partial charge in [0.1, 0.15) is 17.8 Å². The zero-order valence-electron chi connectivity index (χ0n) is 37.7. The Morgan fingerprint density at radius 1 is 0.588 bits per heavy atom. The van der Waals surface area contributed by atoms with Crippen molar-refractivity contribution in [1.82, 2.24) is 39.7 Å². The second kappa shape index (κ2) is 24.0. The van der Waals surface area contributed by atoms with E-state index in [-0.39, 0.29) is 24.8 Å². The van der Waals surface area contributed by atoms with Crippen LogP contribution in [-0.2, 0) is 0 Å². The number of hydrogen-bond acceptors (Lipinski definition) is 12. The van der Waals surface area contributed by atoms with Crippen LogP contribution in [0.4, 0.5) is 8.78 Å². The van der Waals surface area contributed by atoms with Crippen molar-refractivity contribution in [2.45, 2.75) is 58.8 Å². The van der Waals surface area contributed by atoms with Crippen molar-refractivity contribution in [3.63, 3.8) is 0 Å². The van der Waals surface area contributed by atoms with Gasteiger partial charge in [0.05, 0.1) is 43.9 Å². The first-order chi connectivity index (χ1) is 32.8. The van der Waals surface area contributed by atoms with Crippen molar-refractivity contribution < 1.29 is 37.6 Å². The summed E-state index contributed by atoms with van der Waals surface area (Å²) in [6.45, 7) is 8.17. The van der Waals surface area contributed by atoms with Gasteiger partial charge < -0.3 is 48.6 Å². The van der Waals surface area contributed by atoms with Crippen LogP contribution in [0.25, 0.3) is 43.6 Å². The Labute approximate surface area is 399 Å². The van der Waals surface area contributed by atoms with Gasteiger partial charge in [-0.3, -0.25) is 0 Å². The second-order valence-corrected chi connectivity index (χ2v) is 16.7. The number of aromatic amines is 2. The average Bonchev–Trinajstić information content (AvgIpc) is 4.06. The van der Waals surface area contributed by atoms with Crippen LogP contribution in [0, 0.1) is 11.6 Å². The first-order valence-corrected chi connectivity index (χ1v) is 23.1. The Morgan fingerprint density at radius 3 is 1.68 bits per heavy atom. The predicted octanol–water partition coefficient (Wildman–Crippen LogP) is 11.5. The van der Waals surface area contributed by atoms with Crippen LogP contribution in [0.5, 0.6) is 40.4 Å². The van der Waals surface area contributed by atoms with E-state index in [1.54, 1.807) is 63.0 Å². The van der Waals surface area contributed by atoms with Crippen LogP contribution in [0.1, 0.15) is 58.8 Å². The fourth-order valence-electron chi connectivity index (χ4n) is 8.35. The lowest BCUT2D eigenvalue weighted by atomic mass is 10.1. The maximum atomic E-state index is 14.9. The number of phenolic OH excluding ortho intramolecular Hbond substituents is 1. The number of H-pyrrole nitrogens is 2. The van der Waals surface area contributed by atoms with Gasteiger partial charge >= 0.3 is 0 Å². The Morgan fingerprint density at radius 2 is 1.10 bits per heavy atom. The minimum atomic E-state index is -0.566. The van der Waals surface area contributed by atoms with E-state index in [9.17, 15) is 8.78 Å². The number of methoxy groups -OCH3 is 2. The third-order valence-electron chi connectivity index (χ3n) is 11.9. The lowest BCUT2D eigenvalue weighted by molar-refractivity contribution is 0.203. The van der Waals surface area contributed by atoms with E-state index < -0.39 is 11.6 Å². The Hall–Kier alpha value is -6.49. The minimum absolute atomic E-state index is 0. The molecule has 8 aromatic rings. The van der Waals surface area contributed by atoms with Gasteiger partial charge in [-0.2, -0.15) is 0 Å². The number of likely N-dealkylation sites (tertiary alicyclic amines) is 2. The molecule has 68 heavy (non-hydrogen) atoms. The molecule has 0 bridgehead atoms. The zero-order chi connectivity index (χ0) is 46.5. The highest BCUT2D eigenvalue weighted by Crippen LogP contribution is 2.38. The molecule has 17 heteroatoms. The van der Waals surface area contributed by atoms with Crippen molar-refractivity contribution in [1.29, 1.82) is 0 Å². The first kappa shape index (κ1) is 49.4. The molecule has 2 aliphatic rings. The van der Waals surface area contributed by atoms with Crippen LogP contribution >= 0.6 is 11.6 Å². The third-order valence-corrected chi connectivity index (χ3v) is 12.2. The molecule has 0 saturated carbocycles. The summed E-state index contributed by atoms with van der Waals surface area (Å²) < 4.78 is 56.6. The van der Waals surface area contributed by atoms with Crippen molar-refractivity contribution in [2.75, 3.05) is 66.7 Å². The van der Waals surface area contributed by atoms with Gasteiger partial charge in [0.25, 0.3) is 0 Å². The lowest BCUT2D eigenvalue weighted by Gasteiger charge is -2.26. The summed E-state index contributed by atoms with van der Waals surface area (Å²) in [6, 6.07) is 16.9. The number of nitrogens with one attached hydrogen (secondary N) is 2. The summed E-state index contributed by atoms with van der Waals surface area (Å²) in [5.74, 6) is 1.57. The molecule has 2 fully saturated rings. The number of rotatable bonds is 14. The molecular formula is C51H59ClF2N8O6. The second-order valence-electron chi connectivity index (χ2n) is 16.3. The van der Waals surface area contributed by atoms with Crippen LogP contribution in [0.2, 0.25) is 5.15 Å². The quantitative estimate of drug-likeness (QED) is 0.0701. The molecule has 0 amide bonds. The normalized spacial score (nSPS) is 14.1. The minimum Gasteiger partial charge on any atom is -0.505 e. The highest BCUT2D eigenvalue weighted by molar-refractivity contribution is 6.34. The standard InChI is InChI=1S/C25H27FN4O3.C17H22ClN3O2.C8H6FNO.CH4/c1-31-22-14-18-20(15-23(22)32-13-5-12-30-10-3-2-4-11-30)28-16-29-25(18)33-21-7-6-19-17(24(21)26)8-9-27-19;1-22-15-10-13-14(19-12-20-17(13)18)11-16(15)23-9-5-8-21-6-3-2-4-7-21;9-8-5-3-4-10-6(5)1-2-7(8)11;/h6-9,14-16,27H,2-5,10-13H2,1H3;10-12H,2-9H2,1H3;1-4,10-11H;1H4. The van der Waals surface area contributed by atoms with Gasteiger partial charge in [-0.1, -0.05) is 31.9 Å². The molecule has 2 saturated heterocycles. The number of aromatic nitrogens is 6. The largest absolute Gasteiger partial charge is 0.505 e.